The van der Waals surface area contributed by atoms with Crippen LogP contribution in [0.3, 0.4) is 0 Å². The normalized spacial score (nSPS) is 10.8. The van der Waals surface area contributed by atoms with Gasteiger partial charge in [-0.1, -0.05) is 18.2 Å². The van der Waals surface area contributed by atoms with Crippen molar-refractivity contribution in [3.05, 3.63) is 69.5 Å². The van der Waals surface area contributed by atoms with Gasteiger partial charge in [-0.3, -0.25) is 14.7 Å². The van der Waals surface area contributed by atoms with Gasteiger partial charge in [-0.2, -0.15) is 0 Å². The third-order valence-corrected chi connectivity index (χ3v) is 3.98. The number of hydrogen-bond acceptors (Lipinski definition) is 6. The lowest BCUT2D eigenvalue weighted by Gasteiger charge is -2.06. The summed E-state index contributed by atoms with van der Waals surface area (Å²) >= 11 is 0. The Morgan fingerprint density at radius 2 is 2.04 bits per heavy atom. The van der Waals surface area contributed by atoms with E-state index >= 15 is 0 Å². The maximum atomic E-state index is 13.6. The Bertz CT molecular complexity index is 1070. The quantitative estimate of drug-likeness (QED) is 0.622. The summed E-state index contributed by atoms with van der Waals surface area (Å²) in [5, 5.41) is 2.63. The van der Waals surface area contributed by atoms with Crippen LogP contribution in [0.2, 0.25) is 0 Å². The summed E-state index contributed by atoms with van der Waals surface area (Å²) in [6.45, 7) is 1.60. The van der Waals surface area contributed by atoms with E-state index in [4.69, 9.17) is 9.47 Å². The van der Waals surface area contributed by atoms with Crippen molar-refractivity contribution in [2.75, 3.05) is 6.61 Å². The number of nitrogens with one attached hydrogen (secondary N) is 1. The van der Waals surface area contributed by atoms with Gasteiger partial charge in [-0.25, -0.2) is 18.7 Å². The van der Waals surface area contributed by atoms with Crippen LogP contribution in [0.15, 0.2) is 41.3 Å². The van der Waals surface area contributed by atoms with E-state index in [0.29, 0.717) is 5.56 Å². The average Bonchev–Trinajstić information content (AvgIpc) is 3.10. The number of carbonyl (C=O) groups excluding carboxylic acids is 2. The largest absolute Gasteiger partial charge is 0.462 e. The number of halogens is 1. The van der Waals surface area contributed by atoms with Crippen molar-refractivity contribution < 1.29 is 23.5 Å². The number of rotatable bonds is 7. The standard InChI is InChI=1S/C19H18FN3O5/c1-2-27-19(26)14-10-21-23-16(24)9-13(22-18(14)23)11-28-17(25)8-7-12-5-3-4-6-15(12)20/h3-6,9-10,21H,2,7-8,11H2,1H3. The molecule has 0 aliphatic rings. The van der Waals surface area contributed by atoms with E-state index in [2.05, 4.69) is 10.1 Å². The zero-order valence-electron chi connectivity index (χ0n) is 15.1. The fourth-order valence-electron chi connectivity index (χ4n) is 2.63. The number of aromatic nitrogens is 3. The third kappa shape index (κ3) is 4.25. The molecule has 146 valence electrons. The molecule has 0 unspecified atom stereocenters. The fraction of sp³-hybridized carbons (Fsp3) is 0.263. The van der Waals surface area contributed by atoms with Gasteiger partial charge in [0, 0.05) is 18.7 Å². The summed E-state index contributed by atoms with van der Waals surface area (Å²) in [4.78, 5) is 40.2. The predicted molar refractivity (Wildman–Crippen MR) is 96.3 cm³/mol. The summed E-state index contributed by atoms with van der Waals surface area (Å²) in [5.74, 6) is -1.55. The molecule has 0 aliphatic heterocycles. The molecule has 2 aromatic heterocycles. The second-order valence-electron chi connectivity index (χ2n) is 5.90. The highest BCUT2D eigenvalue weighted by atomic mass is 19.1. The molecule has 0 radical (unpaired) electrons. The minimum absolute atomic E-state index is 0.0135. The van der Waals surface area contributed by atoms with Crippen molar-refractivity contribution in [1.29, 1.82) is 0 Å². The highest BCUT2D eigenvalue weighted by molar-refractivity contribution is 5.95. The summed E-state index contributed by atoms with van der Waals surface area (Å²) in [5.41, 5.74) is 0.339. The van der Waals surface area contributed by atoms with Crippen LogP contribution in [0, 0.1) is 5.82 Å². The van der Waals surface area contributed by atoms with Gasteiger partial charge < -0.3 is 9.47 Å². The SMILES string of the molecule is CCOC(=O)c1c[nH]n2c(=O)cc(COC(=O)CCc3ccccc3F)nc12. The Balaban J connectivity index is 1.67. The van der Waals surface area contributed by atoms with E-state index in [-0.39, 0.29) is 48.8 Å². The first-order valence-corrected chi connectivity index (χ1v) is 8.65. The second-order valence-corrected chi connectivity index (χ2v) is 5.90. The zero-order chi connectivity index (χ0) is 20.1. The summed E-state index contributed by atoms with van der Waals surface area (Å²) in [6.07, 6.45) is 1.51. The lowest BCUT2D eigenvalue weighted by molar-refractivity contribution is -0.145. The Morgan fingerprint density at radius 3 is 2.79 bits per heavy atom. The van der Waals surface area contributed by atoms with Crippen molar-refractivity contribution in [1.82, 2.24) is 14.6 Å². The molecule has 0 saturated carbocycles. The number of aryl methyl sites for hydroxylation is 1. The Morgan fingerprint density at radius 1 is 1.25 bits per heavy atom. The molecule has 0 spiro atoms. The topological polar surface area (TPSA) is 103 Å². The van der Waals surface area contributed by atoms with Crippen molar-refractivity contribution >= 4 is 17.6 Å². The zero-order valence-corrected chi connectivity index (χ0v) is 15.1. The minimum atomic E-state index is -0.618. The van der Waals surface area contributed by atoms with Crippen LogP contribution in [-0.4, -0.2) is 33.1 Å². The first-order valence-electron chi connectivity index (χ1n) is 8.65. The fourth-order valence-corrected chi connectivity index (χ4v) is 2.63. The first kappa shape index (κ1) is 19.3. The van der Waals surface area contributed by atoms with Gasteiger partial charge in [0.05, 0.1) is 12.3 Å². The molecule has 1 N–H and O–H groups in total. The van der Waals surface area contributed by atoms with E-state index in [1.54, 1.807) is 25.1 Å². The number of hydrogen-bond donors (Lipinski definition) is 1. The molecule has 0 aliphatic carbocycles. The highest BCUT2D eigenvalue weighted by Gasteiger charge is 2.17. The number of ether oxygens (including phenoxy) is 2. The number of nitrogens with zero attached hydrogens (tertiary/aromatic N) is 2. The van der Waals surface area contributed by atoms with Gasteiger partial charge in [0.25, 0.3) is 5.56 Å². The Labute approximate surface area is 158 Å². The number of aromatic amines is 1. The molecule has 2 heterocycles. The molecule has 1 aromatic carbocycles. The van der Waals surface area contributed by atoms with Crippen LogP contribution in [-0.2, 0) is 27.3 Å². The Hall–Kier alpha value is -3.49. The number of benzene rings is 1. The molecule has 0 fully saturated rings. The molecule has 0 bridgehead atoms. The van der Waals surface area contributed by atoms with Gasteiger partial charge in [0.15, 0.2) is 5.65 Å². The number of H-pyrrole nitrogens is 1. The molecule has 0 atom stereocenters. The van der Waals surface area contributed by atoms with Gasteiger partial charge >= 0.3 is 11.9 Å². The molecular weight excluding hydrogens is 369 g/mol. The van der Waals surface area contributed by atoms with E-state index in [1.807, 2.05) is 0 Å². The van der Waals surface area contributed by atoms with E-state index < -0.39 is 17.5 Å². The summed E-state index contributed by atoms with van der Waals surface area (Å²) in [7, 11) is 0. The van der Waals surface area contributed by atoms with Gasteiger partial charge in [-0.05, 0) is 25.0 Å². The number of esters is 2. The first-order chi connectivity index (χ1) is 13.5. The molecule has 0 amide bonds. The van der Waals surface area contributed by atoms with Crippen molar-refractivity contribution in [3.63, 3.8) is 0 Å². The number of fused-ring (bicyclic) bond motifs is 1. The summed E-state index contributed by atoms with van der Waals surface area (Å²) < 4.78 is 24.7. The molecule has 28 heavy (non-hydrogen) atoms. The highest BCUT2D eigenvalue weighted by Crippen LogP contribution is 2.11. The maximum Gasteiger partial charge on any atom is 0.343 e. The molecular formula is C19H18FN3O5. The molecule has 9 heteroatoms. The smallest absolute Gasteiger partial charge is 0.343 e. The number of carbonyl (C=O) groups is 2. The van der Waals surface area contributed by atoms with Crippen molar-refractivity contribution in [2.24, 2.45) is 0 Å². The van der Waals surface area contributed by atoms with Crippen LogP contribution in [0.1, 0.15) is 35.0 Å². The van der Waals surface area contributed by atoms with Gasteiger partial charge in [0.1, 0.15) is 18.0 Å². The van der Waals surface area contributed by atoms with E-state index in [0.717, 1.165) is 4.52 Å². The monoisotopic (exact) mass is 387 g/mol. The predicted octanol–water partition coefficient (Wildman–Crippen LogP) is 2.01. The third-order valence-electron chi connectivity index (χ3n) is 3.98. The van der Waals surface area contributed by atoms with Crippen LogP contribution < -0.4 is 5.56 Å². The molecule has 3 aromatic rings. The van der Waals surface area contributed by atoms with E-state index in [1.165, 1.54) is 18.3 Å². The van der Waals surface area contributed by atoms with Crippen LogP contribution in [0.4, 0.5) is 4.39 Å². The summed E-state index contributed by atoms with van der Waals surface area (Å²) in [6, 6.07) is 7.38. The van der Waals surface area contributed by atoms with E-state index in [9.17, 15) is 18.8 Å². The van der Waals surface area contributed by atoms with Crippen LogP contribution in [0.5, 0.6) is 0 Å². The Kier molecular flexibility index (Phi) is 5.83. The molecule has 0 saturated heterocycles. The van der Waals surface area contributed by atoms with Crippen LogP contribution >= 0.6 is 0 Å². The second kappa shape index (κ2) is 8.47. The lowest BCUT2D eigenvalue weighted by atomic mass is 10.1. The average molecular weight is 387 g/mol. The molecule has 8 nitrogen and oxygen atoms in total. The molecule has 3 rings (SSSR count). The van der Waals surface area contributed by atoms with Gasteiger partial charge in [0.2, 0.25) is 0 Å². The van der Waals surface area contributed by atoms with Crippen molar-refractivity contribution in [2.45, 2.75) is 26.4 Å². The van der Waals surface area contributed by atoms with Crippen LogP contribution in [0.25, 0.3) is 5.65 Å². The van der Waals surface area contributed by atoms with Gasteiger partial charge in [-0.15, -0.1) is 0 Å². The maximum absolute atomic E-state index is 13.6. The minimum Gasteiger partial charge on any atom is -0.462 e. The van der Waals surface area contributed by atoms with Crippen molar-refractivity contribution in [3.8, 4) is 0 Å². The lowest BCUT2D eigenvalue weighted by Crippen LogP contribution is -2.17.